The first kappa shape index (κ1) is 21.5. The molecule has 0 aromatic heterocycles. The summed E-state index contributed by atoms with van der Waals surface area (Å²) in [4.78, 5) is 14.6. The normalized spacial score (nSPS) is 15.0. The quantitative estimate of drug-likeness (QED) is 0.754. The zero-order valence-electron chi connectivity index (χ0n) is 17.3. The molecule has 6 nitrogen and oxygen atoms in total. The van der Waals surface area contributed by atoms with Gasteiger partial charge >= 0.3 is 0 Å². The minimum absolute atomic E-state index is 0.173. The number of anilines is 1. The summed E-state index contributed by atoms with van der Waals surface area (Å²) in [7, 11) is -1.60. The van der Waals surface area contributed by atoms with Crippen LogP contribution in [0.15, 0.2) is 47.4 Å². The second-order valence-electron chi connectivity index (χ2n) is 7.79. The van der Waals surface area contributed by atoms with E-state index in [4.69, 9.17) is 0 Å². The standard InChI is InChI=1S/C22H29N3O3S/c1-17-9-10-19(18(2)13-17)15-24(3)16-22(26)23-20-7-6-8-21(14-20)29(27,28)25-11-4-5-12-25/h6-10,13-14H,4-5,11-12,15-16H2,1-3H3,(H,23,26). The summed E-state index contributed by atoms with van der Waals surface area (Å²) in [6.07, 6.45) is 1.78. The maximum absolute atomic E-state index is 12.7. The van der Waals surface area contributed by atoms with Crippen molar-refractivity contribution in [1.82, 2.24) is 9.21 Å². The van der Waals surface area contributed by atoms with Crippen LogP contribution in [0.2, 0.25) is 0 Å². The minimum Gasteiger partial charge on any atom is -0.325 e. The van der Waals surface area contributed by atoms with E-state index in [0.717, 1.165) is 12.8 Å². The zero-order chi connectivity index (χ0) is 21.0. The molecule has 3 rings (SSSR count). The van der Waals surface area contributed by atoms with E-state index in [1.807, 2.05) is 11.9 Å². The molecule has 2 aromatic carbocycles. The third-order valence-electron chi connectivity index (χ3n) is 5.17. The number of carbonyl (C=O) groups excluding carboxylic acids is 1. The number of aryl methyl sites for hydroxylation is 2. The van der Waals surface area contributed by atoms with Crippen LogP contribution in [0.3, 0.4) is 0 Å². The molecule has 0 bridgehead atoms. The highest BCUT2D eigenvalue weighted by molar-refractivity contribution is 7.89. The number of amides is 1. The number of rotatable bonds is 7. The lowest BCUT2D eigenvalue weighted by molar-refractivity contribution is -0.117. The fraction of sp³-hybridized carbons (Fsp3) is 0.409. The largest absolute Gasteiger partial charge is 0.325 e. The summed E-state index contributed by atoms with van der Waals surface area (Å²) < 4.78 is 26.9. The van der Waals surface area contributed by atoms with Gasteiger partial charge in [-0.2, -0.15) is 4.31 Å². The van der Waals surface area contributed by atoms with Gasteiger partial charge in [0.15, 0.2) is 0 Å². The number of likely N-dealkylation sites (N-methyl/N-ethyl adjacent to an activating group) is 1. The summed E-state index contributed by atoms with van der Waals surface area (Å²) in [6.45, 7) is 6.14. The van der Waals surface area contributed by atoms with E-state index in [-0.39, 0.29) is 17.3 Å². The van der Waals surface area contributed by atoms with E-state index in [1.54, 1.807) is 18.2 Å². The molecule has 7 heteroatoms. The van der Waals surface area contributed by atoms with Gasteiger partial charge in [0.2, 0.25) is 15.9 Å². The lowest BCUT2D eigenvalue weighted by Crippen LogP contribution is -2.30. The molecule has 1 fully saturated rings. The van der Waals surface area contributed by atoms with Gasteiger partial charge in [-0.15, -0.1) is 0 Å². The second-order valence-corrected chi connectivity index (χ2v) is 9.73. The Morgan fingerprint density at radius 3 is 2.52 bits per heavy atom. The monoisotopic (exact) mass is 415 g/mol. The van der Waals surface area contributed by atoms with Crippen molar-refractivity contribution in [1.29, 1.82) is 0 Å². The smallest absolute Gasteiger partial charge is 0.243 e. The first-order chi connectivity index (χ1) is 13.8. The maximum Gasteiger partial charge on any atom is 0.243 e. The maximum atomic E-state index is 12.7. The zero-order valence-corrected chi connectivity index (χ0v) is 18.1. The predicted molar refractivity (Wildman–Crippen MR) is 115 cm³/mol. The van der Waals surface area contributed by atoms with E-state index in [1.165, 1.54) is 27.1 Å². The van der Waals surface area contributed by atoms with Crippen LogP contribution >= 0.6 is 0 Å². The highest BCUT2D eigenvalue weighted by atomic mass is 32.2. The molecule has 1 N–H and O–H groups in total. The topological polar surface area (TPSA) is 69.7 Å². The van der Waals surface area contributed by atoms with Crippen molar-refractivity contribution in [2.45, 2.75) is 38.1 Å². The molecular formula is C22H29N3O3S. The number of carbonyl (C=O) groups is 1. The lowest BCUT2D eigenvalue weighted by Gasteiger charge is -2.19. The first-order valence-corrected chi connectivity index (χ1v) is 11.3. The second kappa shape index (κ2) is 9.07. The van der Waals surface area contributed by atoms with E-state index < -0.39 is 10.0 Å². The Labute approximate surface area is 173 Å². The summed E-state index contributed by atoms with van der Waals surface area (Å²) in [5.74, 6) is -0.173. The number of hydrogen-bond acceptors (Lipinski definition) is 4. The SMILES string of the molecule is Cc1ccc(CN(C)CC(=O)Nc2cccc(S(=O)(=O)N3CCCC3)c2)c(C)c1. The molecular weight excluding hydrogens is 386 g/mol. The molecule has 2 aromatic rings. The van der Waals surface area contributed by atoms with Crippen molar-refractivity contribution in [3.63, 3.8) is 0 Å². The molecule has 0 saturated carbocycles. The molecule has 0 radical (unpaired) electrons. The molecule has 1 aliphatic rings. The lowest BCUT2D eigenvalue weighted by atomic mass is 10.1. The average molecular weight is 416 g/mol. The fourth-order valence-corrected chi connectivity index (χ4v) is 5.19. The third-order valence-corrected chi connectivity index (χ3v) is 7.07. The van der Waals surface area contributed by atoms with Crippen LogP contribution in [-0.4, -0.2) is 50.2 Å². The van der Waals surface area contributed by atoms with Gasteiger partial charge in [-0.1, -0.05) is 29.8 Å². The van der Waals surface area contributed by atoms with Crippen LogP contribution in [-0.2, 0) is 21.4 Å². The number of sulfonamides is 1. The van der Waals surface area contributed by atoms with Gasteiger partial charge in [0.05, 0.1) is 11.4 Å². The Morgan fingerprint density at radius 2 is 1.83 bits per heavy atom. The predicted octanol–water partition coefficient (Wildman–Crippen LogP) is 3.16. The summed E-state index contributed by atoms with van der Waals surface area (Å²) in [5, 5.41) is 2.82. The van der Waals surface area contributed by atoms with E-state index in [9.17, 15) is 13.2 Å². The van der Waals surface area contributed by atoms with Crippen molar-refractivity contribution < 1.29 is 13.2 Å². The molecule has 1 saturated heterocycles. The molecule has 0 atom stereocenters. The molecule has 1 aliphatic heterocycles. The van der Waals surface area contributed by atoms with Crippen molar-refractivity contribution in [2.75, 3.05) is 32.0 Å². The van der Waals surface area contributed by atoms with Crippen LogP contribution in [0.1, 0.15) is 29.5 Å². The summed E-state index contributed by atoms with van der Waals surface area (Å²) >= 11 is 0. The van der Waals surface area contributed by atoms with Gasteiger partial charge in [0.1, 0.15) is 0 Å². The molecule has 1 heterocycles. The van der Waals surface area contributed by atoms with Crippen LogP contribution in [0.5, 0.6) is 0 Å². The van der Waals surface area contributed by atoms with Crippen LogP contribution in [0, 0.1) is 13.8 Å². The van der Waals surface area contributed by atoms with Gasteiger partial charge in [-0.25, -0.2) is 8.42 Å². The molecule has 0 aliphatic carbocycles. The number of nitrogens with zero attached hydrogens (tertiary/aromatic N) is 2. The average Bonchev–Trinajstić information content (AvgIpc) is 3.20. The minimum atomic E-state index is -3.50. The van der Waals surface area contributed by atoms with E-state index >= 15 is 0 Å². The van der Waals surface area contributed by atoms with Gasteiger partial charge < -0.3 is 5.32 Å². The summed E-state index contributed by atoms with van der Waals surface area (Å²) in [5.41, 5.74) is 4.10. The molecule has 29 heavy (non-hydrogen) atoms. The Balaban J connectivity index is 1.62. The summed E-state index contributed by atoms with van der Waals surface area (Å²) in [6, 6.07) is 12.8. The van der Waals surface area contributed by atoms with Crippen LogP contribution in [0.4, 0.5) is 5.69 Å². The first-order valence-electron chi connectivity index (χ1n) is 9.90. The molecule has 156 valence electrons. The Hall–Kier alpha value is -2.22. The van der Waals surface area contributed by atoms with Crippen molar-refractivity contribution in [3.05, 3.63) is 59.2 Å². The van der Waals surface area contributed by atoms with Gasteiger partial charge in [0, 0.05) is 25.3 Å². The van der Waals surface area contributed by atoms with Gasteiger partial charge in [-0.3, -0.25) is 9.69 Å². The van der Waals surface area contributed by atoms with Crippen molar-refractivity contribution in [3.8, 4) is 0 Å². The third kappa shape index (κ3) is 5.44. The number of hydrogen-bond donors (Lipinski definition) is 1. The van der Waals surface area contributed by atoms with Crippen molar-refractivity contribution in [2.24, 2.45) is 0 Å². The molecule has 1 amide bonds. The van der Waals surface area contributed by atoms with Crippen LogP contribution in [0.25, 0.3) is 0 Å². The molecule has 0 spiro atoms. The number of benzene rings is 2. The van der Waals surface area contributed by atoms with Gasteiger partial charge in [-0.05, 0) is 63.1 Å². The highest BCUT2D eigenvalue weighted by Gasteiger charge is 2.27. The highest BCUT2D eigenvalue weighted by Crippen LogP contribution is 2.23. The van der Waals surface area contributed by atoms with Crippen molar-refractivity contribution >= 4 is 21.6 Å². The fourth-order valence-electron chi connectivity index (χ4n) is 3.63. The Bertz CT molecular complexity index is 983. The Kier molecular flexibility index (Phi) is 6.72. The van der Waals surface area contributed by atoms with Gasteiger partial charge in [0.25, 0.3) is 0 Å². The number of nitrogens with one attached hydrogen (secondary N) is 1. The Morgan fingerprint density at radius 1 is 1.10 bits per heavy atom. The van der Waals surface area contributed by atoms with E-state index in [2.05, 4.69) is 37.4 Å². The van der Waals surface area contributed by atoms with Crippen LogP contribution < -0.4 is 5.32 Å². The molecule has 0 unspecified atom stereocenters. The van der Waals surface area contributed by atoms with E-state index in [0.29, 0.717) is 25.3 Å².